The van der Waals surface area contributed by atoms with E-state index in [-0.39, 0.29) is 0 Å². The summed E-state index contributed by atoms with van der Waals surface area (Å²) < 4.78 is 5.26. The van der Waals surface area contributed by atoms with E-state index >= 15 is 0 Å². The van der Waals surface area contributed by atoms with Crippen molar-refractivity contribution in [3.8, 4) is 28.1 Å². The summed E-state index contributed by atoms with van der Waals surface area (Å²) in [6, 6.07) is 18.0. The molecule has 1 aromatic heterocycles. The van der Waals surface area contributed by atoms with Crippen LogP contribution in [0, 0.1) is 6.07 Å². The van der Waals surface area contributed by atoms with Gasteiger partial charge < -0.3 is 10.5 Å². The predicted octanol–water partition coefficient (Wildman–Crippen LogP) is 4.46. The second kappa shape index (κ2) is 6.08. The van der Waals surface area contributed by atoms with Crippen LogP contribution in [0.15, 0.2) is 54.7 Å². The van der Waals surface area contributed by atoms with E-state index in [1.54, 1.807) is 19.4 Å². The minimum Gasteiger partial charge on any atom is -0.497 e. The van der Waals surface area contributed by atoms with E-state index in [9.17, 15) is 0 Å². The molecule has 22 heavy (non-hydrogen) atoms. The van der Waals surface area contributed by atoms with Crippen LogP contribution >= 0.6 is 11.6 Å². The maximum Gasteiger partial charge on any atom is 0.119 e. The summed E-state index contributed by atoms with van der Waals surface area (Å²) in [5, 5.41) is 0.552. The summed E-state index contributed by atoms with van der Waals surface area (Å²) >= 11 is 6.01. The van der Waals surface area contributed by atoms with Gasteiger partial charge in [0.15, 0.2) is 0 Å². The summed E-state index contributed by atoms with van der Waals surface area (Å²) in [4.78, 5) is 4.41. The number of anilines is 1. The molecule has 0 aliphatic carbocycles. The van der Waals surface area contributed by atoms with Crippen molar-refractivity contribution >= 4 is 17.3 Å². The lowest BCUT2D eigenvalue weighted by Crippen LogP contribution is -1.97. The van der Waals surface area contributed by atoms with Crippen molar-refractivity contribution in [1.29, 1.82) is 0 Å². The number of rotatable bonds is 3. The number of methoxy groups -OCH3 is 1. The first-order chi connectivity index (χ1) is 10.7. The van der Waals surface area contributed by atoms with Gasteiger partial charge in [0.1, 0.15) is 5.75 Å². The first-order valence-corrected chi connectivity index (χ1v) is 7.13. The fourth-order valence-corrected chi connectivity index (χ4v) is 2.51. The number of benzene rings is 2. The molecule has 0 bridgehead atoms. The van der Waals surface area contributed by atoms with E-state index in [0.29, 0.717) is 10.7 Å². The zero-order chi connectivity index (χ0) is 15.5. The number of halogens is 1. The van der Waals surface area contributed by atoms with Gasteiger partial charge in [-0.2, -0.15) is 0 Å². The van der Waals surface area contributed by atoms with Crippen LogP contribution in [0.3, 0.4) is 0 Å². The zero-order valence-electron chi connectivity index (χ0n) is 12.0. The van der Waals surface area contributed by atoms with E-state index < -0.39 is 0 Å². The fourth-order valence-electron chi connectivity index (χ4n) is 2.33. The van der Waals surface area contributed by atoms with Crippen molar-refractivity contribution in [1.82, 2.24) is 4.98 Å². The van der Waals surface area contributed by atoms with E-state index in [1.807, 2.05) is 42.5 Å². The Balaban J connectivity index is 2.13. The topological polar surface area (TPSA) is 48.1 Å². The molecule has 109 valence electrons. The molecule has 0 atom stereocenters. The van der Waals surface area contributed by atoms with Gasteiger partial charge in [-0.05, 0) is 29.8 Å². The van der Waals surface area contributed by atoms with E-state index in [4.69, 9.17) is 22.1 Å². The highest BCUT2D eigenvalue weighted by Gasteiger charge is 2.11. The van der Waals surface area contributed by atoms with Crippen molar-refractivity contribution < 1.29 is 4.74 Å². The lowest BCUT2D eigenvalue weighted by atomic mass is 10.0. The first-order valence-electron chi connectivity index (χ1n) is 6.75. The smallest absolute Gasteiger partial charge is 0.119 e. The summed E-state index contributed by atoms with van der Waals surface area (Å²) in [7, 11) is 1.63. The summed E-state index contributed by atoms with van der Waals surface area (Å²) in [6.45, 7) is 0. The largest absolute Gasteiger partial charge is 0.497 e. The predicted molar refractivity (Wildman–Crippen MR) is 89.9 cm³/mol. The standard InChI is InChI=1S/C18H14ClN2O/c1-22-15-7-3-5-13(11-15)18-17(20)16(8-9-21-18)12-4-2-6-14(19)10-12/h2-5,7-11H,20H2,1H3. The molecule has 0 fully saturated rings. The van der Waals surface area contributed by atoms with E-state index in [2.05, 4.69) is 11.1 Å². The Bertz CT molecular complexity index is 818. The van der Waals surface area contributed by atoms with Crippen molar-refractivity contribution in [2.45, 2.75) is 0 Å². The van der Waals surface area contributed by atoms with Crippen LogP contribution in [0.2, 0.25) is 5.02 Å². The molecule has 1 heterocycles. The molecule has 0 amide bonds. The number of pyridine rings is 1. The Morgan fingerprint density at radius 3 is 2.77 bits per heavy atom. The molecule has 1 radical (unpaired) electrons. The van der Waals surface area contributed by atoms with Crippen LogP contribution in [0.4, 0.5) is 5.69 Å². The van der Waals surface area contributed by atoms with Crippen molar-refractivity contribution in [3.63, 3.8) is 0 Å². The van der Waals surface area contributed by atoms with Gasteiger partial charge in [0.05, 0.1) is 18.5 Å². The third-order valence-electron chi connectivity index (χ3n) is 3.41. The Morgan fingerprint density at radius 2 is 2.00 bits per heavy atom. The molecular weight excluding hydrogens is 296 g/mol. The highest BCUT2D eigenvalue weighted by molar-refractivity contribution is 6.30. The van der Waals surface area contributed by atoms with Crippen molar-refractivity contribution in [2.24, 2.45) is 0 Å². The van der Waals surface area contributed by atoms with Crippen molar-refractivity contribution in [3.05, 3.63) is 65.8 Å². The number of hydrogen-bond acceptors (Lipinski definition) is 3. The molecule has 0 unspecified atom stereocenters. The highest BCUT2D eigenvalue weighted by Crippen LogP contribution is 2.34. The molecule has 0 aliphatic heterocycles. The quantitative estimate of drug-likeness (QED) is 0.777. The van der Waals surface area contributed by atoms with Gasteiger partial charge in [-0.15, -0.1) is 0 Å². The number of nitrogen functional groups attached to an aromatic ring is 1. The van der Waals surface area contributed by atoms with Gasteiger partial charge in [0.25, 0.3) is 0 Å². The number of hydrogen-bond donors (Lipinski definition) is 1. The molecule has 2 aromatic carbocycles. The molecule has 0 saturated carbocycles. The lowest BCUT2D eigenvalue weighted by Gasteiger charge is -2.11. The van der Waals surface area contributed by atoms with Crippen LogP contribution < -0.4 is 10.5 Å². The van der Waals surface area contributed by atoms with Crippen LogP contribution in [0.1, 0.15) is 0 Å². The Morgan fingerprint density at radius 1 is 1.14 bits per heavy atom. The monoisotopic (exact) mass is 309 g/mol. The van der Waals surface area contributed by atoms with Crippen LogP contribution in [-0.4, -0.2) is 12.1 Å². The Hall–Kier alpha value is -2.52. The first kappa shape index (κ1) is 14.4. The van der Waals surface area contributed by atoms with Gasteiger partial charge in [0, 0.05) is 28.4 Å². The third kappa shape index (κ3) is 2.76. The molecule has 3 aromatic rings. The number of ether oxygens (including phenoxy) is 1. The SMILES string of the molecule is COc1cccc(-c2nccc(-c3cc[c]c(Cl)c3)c2N)c1. The average molecular weight is 310 g/mol. The van der Waals surface area contributed by atoms with E-state index in [0.717, 1.165) is 28.1 Å². The second-order valence-corrected chi connectivity index (χ2v) is 5.19. The molecule has 3 rings (SSSR count). The Kier molecular flexibility index (Phi) is 3.98. The zero-order valence-corrected chi connectivity index (χ0v) is 12.8. The third-order valence-corrected chi connectivity index (χ3v) is 3.63. The average Bonchev–Trinajstić information content (AvgIpc) is 2.55. The van der Waals surface area contributed by atoms with Gasteiger partial charge in [-0.25, -0.2) is 0 Å². The Labute approximate surface area is 134 Å². The van der Waals surface area contributed by atoms with Crippen LogP contribution in [0.5, 0.6) is 5.75 Å². The molecular formula is C18H14ClN2O. The van der Waals surface area contributed by atoms with Gasteiger partial charge in [0.2, 0.25) is 0 Å². The molecule has 0 spiro atoms. The highest BCUT2D eigenvalue weighted by atomic mass is 35.5. The number of nitrogens with two attached hydrogens (primary N) is 1. The van der Waals surface area contributed by atoms with Crippen LogP contribution in [-0.2, 0) is 0 Å². The summed E-state index contributed by atoms with van der Waals surface area (Å²) in [5.41, 5.74) is 10.4. The second-order valence-electron chi connectivity index (χ2n) is 4.78. The van der Waals surface area contributed by atoms with Gasteiger partial charge in [-0.3, -0.25) is 4.98 Å². The molecule has 2 N–H and O–H groups in total. The van der Waals surface area contributed by atoms with Crippen LogP contribution in [0.25, 0.3) is 22.4 Å². The molecule has 3 nitrogen and oxygen atoms in total. The van der Waals surface area contributed by atoms with Crippen molar-refractivity contribution in [2.75, 3.05) is 12.8 Å². The molecule has 0 saturated heterocycles. The van der Waals surface area contributed by atoms with Gasteiger partial charge >= 0.3 is 0 Å². The summed E-state index contributed by atoms with van der Waals surface area (Å²) in [5.74, 6) is 0.765. The summed E-state index contributed by atoms with van der Waals surface area (Å²) in [6.07, 6.45) is 1.74. The number of nitrogens with zero attached hydrogens (tertiary/aromatic N) is 1. The molecule has 0 aliphatic rings. The lowest BCUT2D eigenvalue weighted by molar-refractivity contribution is 0.415. The molecule has 4 heteroatoms. The minimum absolute atomic E-state index is 0.552. The maximum absolute atomic E-state index is 6.33. The minimum atomic E-state index is 0.552. The number of aromatic nitrogens is 1. The van der Waals surface area contributed by atoms with Gasteiger partial charge in [-0.1, -0.05) is 35.9 Å². The normalized spacial score (nSPS) is 10.5. The van der Waals surface area contributed by atoms with E-state index in [1.165, 1.54) is 0 Å². The maximum atomic E-state index is 6.33. The fraction of sp³-hybridized carbons (Fsp3) is 0.0556.